The highest BCUT2D eigenvalue weighted by atomic mass is 16.5. The number of urea groups is 2. The minimum Gasteiger partial charge on any atom is -0.459 e. The summed E-state index contributed by atoms with van der Waals surface area (Å²) in [5.41, 5.74) is 2.12. The predicted octanol–water partition coefficient (Wildman–Crippen LogP) is 2.70. The molecule has 0 unspecified atom stereocenters. The number of carbonyl (C=O) groups excluding carboxylic acids is 3. The summed E-state index contributed by atoms with van der Waals surface area (Å²) in [7, 11) is 4.88. The van der Waals surface area contributed by atoms with Gasteiger partial charge in [-0.25, -0.2) is 14.4 Å². The number of nitrogens with one attached hydrogen (secondary N) is 2. The lowest BCUT2D eigenvalue weighted by Gasteiger charge is -2.33. The van der Waals surface area contributed by atoms with E-state index in [-0.39, 0.29) is 18.2 Å². The standard InChI is InChI=1S/C19H26N4O4/c1-11(2)27-17(24)15-12(3)23(6)19(26)21-16(15)13-8-7-9-14(10-13)20-18(25)22(4)5/h7-11,16H,1-6H3,(H,20,25)(H,21,26)/t16-/m0/s1. The van der Waals surface area contributed by atoms with Crippen molar-refractivity contribution >= 4 is 23.7 Å². The largest absolute Gasteiger partial charge is 0.459 e. The normalized spacial score (nSPS) is 16.9. The minimum absolute atomic E-state index is 0.272. The molecule has 0 fully saturated rings. The van der Waals surface area contributed by atoms with Crippen LogP contribution in [0.5, 0.6) is 0 Å². The van der Waals surface area contributed by atoms with Crippen LogP contribution in [0.2, 0.25) is 0 Å². The zero-order valence-electron chi connectivity index (χ0n) is 16.5. The number of allylic oxidation sites excluding steroid dienone is 1. The lowest BCUT2D eigenvalue weighted by atomic mass is 9.94. The summed E-state index contributed by atoms with van der Waals surface area (Å²) in [6.45, 7) is 5.25. The number of hydrogen-bond acceptors (Lipinski definition) is 4. The summed E-state index contributed by atoms with van der Waals surface area (Å²) in [5, 5.41) is 5.59. The van der Waals surface area contributed by atoms with Gasteiger partial charge in [0.25, 0.3) is 0 Å². The number of esters is 1. The third-order valence-corrected chi connectivity index (χ3v) is 4.19. The summed E-state index contributed by atoms with van der Waals surface area (Å²) in [6.07, 6.45) is -0.285. The summed E-state index contributed by atoms with van der Waals surface area (Å²) in [5.74, 6) is -0.484. The molecule has 27 heavy (non-hydrogen) atoms. The fourth-order valence-corrected chi connectivity index (χ4v) is 2.66. The molecule has 1 atom stereocenters. The van der Waals surface area contributed by atoms with Crippen molar-refractivity contribution in [3.63, 3.8) is 0 Å². The number of anilines is 1. The minimum atomic E-state index is -0.670. The van der Waals surface area contributed by atoms with Crippen LogP contribution in [0.3, 0.4) is 0 Å². The van der Waals surface area contributed by atoms with Gasteiger partial charge in [-0.3, -0.25) is 0 Å². The first-order valence-corrected chi connectivity index (χ1v) is 8.66. The maximum atomic E-state index is 12.7. The highest BCUT2D eigenvalue weighted by molar-refractivity contribution is 5.95. The van der Waals surface area contributed by atoms with Crippen LogP contribution in [0.4, 0.5) is 15.3 Å². The number of hydrogen-bond donors (Lipinski definition) is 2. The Morgan fingerprint density at radius 3 is 2.56 bits per heavy atom. The molecule has 2 rings (SSSR count). The first-order chi connectivity index (χ1) is 12.6. The molecule has 4 amide bonds. The zero-order chi connectivity index (χ0) is 20.3. The molecule has 8 heteroatoms. The van der Waals surface area contributed by atoms with Crippen molar-refractivity contribution in [2.45, 2.75) is 32.9 Å². The average molecular weight is 374 g/mol. The van der Waals surface area contributed by atoms with Crippen molar-refractivity contribution in [1.29, 1.82) is 0 Å². The molecule has 8 nitrogen and oxygen atoms in total. The Morgan fingerprint density at radius 2 is 1.96 bits per heavy atom. The number of rotatable bonds is 4. The zero-order valence-corrected chi connectivity index (χ0v) is 16.5. The third kappa shape index (κ3) is 4.58. The first-order valence-electron chi connectivity index (χ1n) is 8.66. The molecule has 1 aromatic rings. The monoisotopic (exact) mass is 374 g/mol. The van der Waals surface area contributed by atoms with Gasteiger partial charge >= 0.3 is 18.0 Å². The van der Waals surface area contributed by atoms with E-state index in [1.165, 1.54) is 9.80 Å². The molecule has 0 saturated heterocycles. The summed E-state index contributed by atoms with van der Waals surface area (Å²) in [4.78, 5) is 39.6. The smallest absolute Gasteiger partial charge is 0.338 e. The van der Waals surface area contributed by atoms with Gasteiger partial charge in [0, 0.05) is 32.5 Å². The topological polar surface area (TPSA) is 91.0 Å². The molecule has 1 heterocycles. The lowest BCUT2D eigenvalue weighted by molar-refractivity contribution is -0.143. The van der Waals surface area contributed by atoms with Crippen molar-refractivity contribution in [2.75, 3.05) is 26.5 Å². The summed E-state index contributed by atoms with van der Waals surface area (Å²) < 4.78 is 5.37. The van der Waals surface area contributed by atoms with Crippen LogP contribution in [0.15, 0.2) is 35.5 Å². The van der Waals surface area contributed by atoms with Gasteiger partial charge in [0.1, 0.15) is 0 Å². The van der Waals surface area contributed by atoms with E-state index in [0.717, 1.165) is 0 Å². The summed E-state index contributed by atoms with van der Waals surface area (Å²) >= 11 is 0. The van der Waals surface area contributed by atoms with Gasteiger partial charge in [-0.15, -0.1) is 0 Å². The molecule has 1 aliphatic rings. The number of amides is 4. The van der Waals surface area contributed by atoms with E-state index in [1.807, 2.05) is 0 Å². The van der Waals surface area contributed by atoms with Crippen molar-refractivity contribution in [3.05, 3.63) is 41.1 Å². The fraction of sp³-hybridized carbons (Fsp3) is 0.421. The van der Waals surface area contributed by atoms with Crippen LogP contribution >= 0.6 is 0 Å². The molecule has 1 aliphatic heterocycles. The summed E-state index contributed by atoms with van der Waals surface area (Å²) in [6, 6.07) is 5.75. The SMILES string of the molecule is CC1=C(C(=O)OC(C)C)[C@H](c2cccc(NC(=O)N(C)C)c2)NC(=O)N1C. The molecule has 0 aliphatic carbocycles. The Kier molecular flexibility index (Phi) is 6.09. The number of benzene rings is 1. The van der Waals surface area contributed by atoms with E-state index < -0.39 is 12.0 Å². The Balaban J connectivity index is 2.43. The first kappa shape index (κ1) is 20.3. The second-order valence-corrected chi connectivity index (χ2v) is 6.84. The fourth-order valence-electron chi connectivity index (χ4n) is 2.66. The van der Waals surface area contributed by atoms with Crippen molar-refractivity contribution in [2.24, 2.45) is 0 Å². The molecule has 1 aromatic carbocycles. The van der Waals surface area contributed by atoms with Gasteiger partial charge in [-0.2, -0.15) is 0 Å². The quantitative estimate of drug-likeness (QED) is 0.793. The predicted molar refractivity (Wildman–Crippen MR) is 102 cm³/mol. The molecule has 0 radical (unpaired) electrons. The average Bonchev–Trinajstić information content (AvgIpc) is 2.58. The Hall–Kier alpha value is -3.03. The molecular weight excluding hydrogens is 348 g/mol. The second kappa shape index (κ2) is 8.11. The number of nitrogens with zero attached hydrogens (tertiary/aromatic N) is 2. The van der Waals surface area contributed by atoms with E-state index in [4.69, 9.17) is 4.74 Å². The van der Waals surface area contributed by atoms with E-state index in [9.17, 15) is 14.4 Å². The highest BCUT2D eigenvalue weighted by Crippen LogP contribution is 2.32. The lowest BCUT2D eigenvalue weighted by Crippen LogP contribution is -2.46. The highest BCUT2D eigenvalue weighted by Gasteiger charge is 2.35. The van der Waals surface area contributed by atoms with Crippen LogP contribution in [0.1, 0.15) is 32.4 Å². The van der Waals surface area contributed by atoms with E-state index in [1.54, 1.807) is 66.2 Å². The Labute approximate surface area is 159 Å². The van der Waals surface area contributed by atoms with Crippen LogP contribution < -0.4 is 10.6 Å². The Morgan fingerprint density at radius 1 is 1.30 bits per heavy atom. The molecule has 0 saturated carbocycles. The molecule has 0 aromatic heterocycles. The third-order valence-electron chi connectivity index (χ3n) is 4.19. The molecule has 0 spiro atoms. The van der Waals surface area contributed by atoms with Crippen molar-refractivity contribution < 1.29 is 19.1 Å². The van der Waals surface area contributed by atoms with Crippen LogP contribution in [0.25, 0.3) is 0 Å². The van der Waals surface area contributed by atoms with Gasteiger partial charge < -0.3 is 25.2 Å². The van der Waals surface area contributed by atoms with Gasteiger partial charge in [0.15, 0.2) is 0 Å². The van der Waals surface area contributed by atoms with Gasteiger partial charge in [-0.05, 0) is 38.5 Å². The van der Waals surface area contributed by atoms with Crippen molar-refractivity contribution in [1.82, 2.24) is 15.1 Å². The van der Waals surface area contributed by atoms with E-state index in [2.05, 4.69) is 10.6 Å². The molecule has 2 N–H and O–H groups in total. The van der Waals surface area contributed by atoms with Gasteiger partial charge in [-0.1, -0.05) is 12.1 Å². The molecule has 146 valence electrons. The maximum absolute atomic E-state index is 12.7. The molecular formula is C19H26N4O4. The van der Waals surface area contributed by atoms with Crippen LogP contribution in [0, 0.1) is 0 Å². The second-order valence-electron chi connectivity index (χ2n) is 6.84. The number of carbonyl (C=O) groups is 3. The Bertz CT molecular complexity index is 786. The van der Waals surface area contributed by atoms with Crippen LogP contribution in [-0.4, -0.2) is 55.1 Å². The van der Waals surface area contributed by atoms with Crippen molar-refractivity contribution in [3.8, 4) is 0 Å². The van der Waals surface area contributed by atoms with Gasteiger partial charge in [0.05, 0.1) is 17.7 Å². The van der Waals surface area contributed by atoms with E-state index >= 15 is 0 Å². The van der Waals surface area contributed by atoms with E-state index in [0.29, 0.717) is 22.5 Å². The maximum Gasteiger partial charge on any atom is 0.338 e. The van der Waals surface area contributed by atoms with Crippen LogP contribution in [-0.2, 0) is 9.53 Å². The molecule has 0 bridgehead atoms. The van der Waals surface area contributed by atoms with Gasteiger partial charge in [0.2, 0.25) is 0 Å². The number of ether oxygens (including phenoxy) is 1.